The highest BCUT2D eigenvalue weighted by Crippen LogP contribution is 2.28. The van der Waals surface area contributed by atoms with Crippen LogP contribution in [0.2, 0.25) is 0 Å². The van der Waals surface area contributed by atoms with Crippen LogP contribution in [0.1, 0.15) is 30.9 Å². The molecule has 1 aliphatic rings. The van der Waals surface area contributed by atoms with Gasteiger partial charge < -0.3 is 15.7 Å². The molecule has 0 saturated carbocycles. The molecule has 0 atom stereocenters. The first-order chi connectivity index (χ1) is 8.39. The number of piperidine rings is 1. The summed E-state index contributed by atoms with van der Waals surface area (Å²) in [5, 5.41) is 17.6. The molecule has 0 radical (unpaired) electrons. The second-order valence-corrected chi connectivity index (χ2v) is 5.42. The van der Waals surface area contributed by atoms with E-state index < -0.39 is 5.60 Å². The van der Waals surface area contributed by atoms with Gasteiger partial charge in [-0.15, -0.1) is 0 Å². The van der Waals surface area contributed by atoms with Gasteiger partial charge >= 0.3 is 0 Å². The van der Waals surface area contributed by atoms with Gasteiger partial charge in [-0.05, 0) is 38.8 Å². The number of rotatable bonds is 2. The number of hydrogen-bond donors (Lipinski definition) is 3. The zero-order chi connectivity index (χ0) is 13.3. The fourth-order valence-corrected chi connectivity index (χ4v) is 2.37. The van der Waals surface area contributed by atoms with Crippen molar-refractivity contribution < 1.29 is 5.11 Å². The van der Waals surface area contributed by atoms with Gasteiger partial charge in [-0.25, -0.2) is 0 Å². The summed E-state index contributed by atoms with van der Waals surface area (Å²) in [5.74, 6) is 0.103. The molecule has 1 saturated heterocycles. The van der Waals surface area contributed by atoms with Crippen molar-refractivity contribution in [3.63, 3.8) is 0 Å². The van der Waals surface area contributed by atoms with Crippen LogP contribution in [0.4, 0.5) is 5.69 Å². The van der Waals surface area contributed by atoms with E-state index in [4.69, 9.17) is 11.1 Å². The first kappa shape index (κ1) is 12.9. The van der Waals surface area contributed by atoms with Gasteiger partial charge in [0.15, 0.2) is 0 Å². The average Bonchev–Trinajstić information content (AvgIpc) is 2.29. The Morgan fingerprint density at radius 3 is 2.56 bits per heavy atom. The summed E-state index contributed by atoms with van der Waals surface area (Å²) < 4.78 is 0. The van der Waals surface area contributed by atoms with E-state index in [2.05, 4.69) is 4.90 Å². The van der Waals surface area contributed by atoms with Gasteiger partial charge in [0.2, 0.25) is 0 Å². The molecule has 0 bridgehead atoms. The van der Waals surface area contributed by atoms with E-state index in [9.17, 15) is 5.11 Å². The van der Waals surface area contributed by atoms with Crippen molar-refractivity contribution in [3.8, 4) is 0 Å². The number of benzene rings is 1. The lowest BCUT2D eigenvalue weighted by Gasteiger charge is -2.38. The first-order valence-corrected chi connectivity index (χ1v) is 6.31. The average molecular weight is 247 g/mol. The van der Waals surface area contributed by atoms with Gasteiger partial charge in [-0.1, -0.05) is 11.6 Å². The number of nitrogens with one attached hydrogen (secondary N) is 1. The molecule has 0 amide bonds. The second-order valence-electron chi connectivity index (χ2n) is 5.42. The minimum absolute atomic E-state index is 0.103. The monoisotopic (exact) mass is 247 g/mol. The number of nitrogens with two attached hydrogens (primary N) is 1. The van der Waals surface area contributed by atoms with Crippen LogP contribution >= 0.6 is 0 Å². The first-order valence-electron chi connectivity index (χ1n) is 6.31. The minimum atomic E-state index is -0.558. The fraction of sp³-hybridized carbons (Fsp3) is 0.500. The lowest BCUT2D eigenvalue weighted by Crippen LogP contribution is -2.43. The van der Waals surface area contributed by atoms with Crippen LogP contribution in [0, 0.1) is 12.3 Å². The molecule has 18 heavy (non-hydrogen) atoms. The Morgan fingerprint density at radius 1 is 1.39 bits per heavy atom. The number of amidine groups is 1. The molecule has 1 aromatic carbocycles. The van der Waals surface area contributed by atoms with E-state index in [1.807, 2.05) is 32.0 Å². The van der Waals surface area contributed by atoms with Crippen LogP contribution in [-0.4, -0.2) is 29.6 Å². The van der Waals surface area contributed by atoms with Gasteiger partial charge in [-0.3, -0.25) is 5.41 Å². The van der Waals surface area contributed by atoms with E-state index in [1.165, 1.54) is 0 Å². The Labute approximate surface area is 108 Å². The van der Waals surface area contributed by atoms with Crippen molar-refractivity contribution in [1.29, 1.82) is 5.41 Å². The zero-order valence-electron chi connectivity index (χ0n) is 11.0. The zero-order valence-corrected chi connectivity index (χ0v) is 11.0. The van der Waals surface area contributed by atoms with Crippen LogP contribution in [0.5, 0.6) is 0 Å². The topological polar surface area (TPSA) is 73.3 Å². The van der Waals surface area contributed by atoms with E-state index in [0.29, 0.717) is 0 Å². The molecular formula is C14H21N3O. The van der Waals surface area contributed by atoms with Crippen molar-refractivity contribution in [2.24, 2.45) is 5.73 Å². The maximum atomic E-state index is 9.97. The molecule has 0 unspecified atom stereocenters. The Hall–Kier alpha value is -1.55. The van der Waals surface area contributed by atoms with Crippen LogP contribution in [0.3, 0.4) is 0 Å². The highest BCUT2D eigenvalue weighted by molar-refractivity contribution is 6.00. The molecule has 98 valence electrons. The summed E-state index contributed by atoms with van der Waals surface area (Å²) >= 11 is 0. The molecule has 2 rings (SSSR count). The molecule has 1 aliphatic heterocycles. The van der Waals surface area contributed by atoms with Gasteiger partial charge in [-0.2, -0.15) is 0 Å². The van der Waals surface area contributed by atoms with Crippen LogP contribution in [0.25, 0.3) is 0 Å². The SMILES string of the molecule is Cc1ccc(N2CCC(C)(O)CC2)c(C(=N)N)c1. The molecule has 0 aromatic heterocycles. The van der Waals surface area contributed by atoms with E-state index in [-0.39, 0.29) is 5.84 Å². The normalized spacial score (nSPS) is 18.7. The molecular weight excluding hydrogens is 226 g/mol. The predicted molar refractivity (Wildman–Crippen MR) is 74.3 cm³/mol. The number of nitrogen functional groups attached to an aromatic ring is 1. The largest absolute Gasteiger partial charge is 0.390 e. The quantitative estimate of drug-likeness (QED) is 0.549. The van der Waals surface area contributed by atoms with Crippen molar-refractivity contribution in [1.82, 2.24) is 0 Å². The predicted octanol–water partition coefficient (Wildman–Crippen LogP) is 1.63. The number of aryl methyl sites for hydroxylation is 1. The lowest BCUT2D eigenvalue weighted by molar-refractivity contribution is 0.0351. The fourth-order valence-electron chi connectivity index (χ4n) is 2.37. The van der Waals surface area contributed by atoms with E-state index >= 15 is 0 Å². The smallest absolute Gasteiger partial charge is 0.124 e. The van der Waals surface area contributed by atoms with Crippen molar-refractivity contribution >= 4 is 11.5 Å². The summed E-state index contributed by atoms with van der Waals surface area (Å²) in [7, 11) is 0. The molecule has 1 aromatic rings. The van der Waals surface area contributed by atoms with E-state index in [0.717, 1.165) is 42.7 Å². The number of aliphatic hydroxyl groups is 1. The number of anilines is 1. The molecule has 4 nitrogen and oxygen atoms in total. The molecule has 1 fully saturated rings. The Balaban J connectivity index is 2.26. The molecule has 4 heteroatoms. The molecule has 1 heterocycles. The summed E-state index contributed by atoms with van der Waals surface area (Å²) in [4.78, 5) is 2.20. The summed E-state index contributed by atoms with van der Waals surface area (Å²) in [6.45, 7) is 5.48. The van der Waals surface area contributed by atoms with Gasteiger partial charge in [0, 0.05) is 24.3 Å². The third kappa shape index (κ3) is 2.64. The van der Waals surface area contributed by atoms with Crippen molar-refractivity contribution in [2.75, 3.05) is 18.0 Å². The third-order valence-electron chi connectivity index (χ3n) is 3.62. The standard InChI is InChI=1S/C14H21N3O/c1-10-3-4-12(11(9-10)13(15)16)17-7-5-14(2,18)6-8-17/h3-4,9,18H,5-8H2,1-2H3,(H3,15,16). The van der Waals surface area contributed by atoms with Crippen molar-refractivity contribution in [3.05, 3.63) is 29.3 Å². The maximum Gasteiger partial charge on any atom is 0.124 e. The number of hydrogen-bond acceptors (Lipinski definition) is 3. The molecule has 0 aliphatic carbocycles. The molecule has 4 N–H and O–H groups in total. The highest BCUT2D eigenvalue weighted by Gasteiger charge is 2.28. The second kappa shape index (κ2) is 4.61. The lowest BCUT2D eigenvalue weighted by atomic mass is 9.93. The summed E-state index contributed by atoms with van der Waals surface area (Å²) in [6, 6.07) is 6.00. The highest BCUT2D eigenvalue weighted by atomic mass is 16.3. The Kier molecular flexibility index (Phi) is 3.30. The maximum absolute atomic E-state index is 9.97. The Bertz CT molecular complexity index is 458. The number of nitrogens with zero attached hydrogens (tertiary/aromatic N) is 1. The van der Waals surface area contributed by atoms with Crippen LogP contribution in [-0.2, 0) is 0 Å². The van der Waals surface area contributed by atoms with Crippen molar-refractivity contribution in [2.45, 2.75) is 32.3 Å². The minimum Gasteiger partial charge on any atom is -0.390 e. The van der Waals surface area contributed by atoms with Gasteiger partial charge in [0.25, 0.3) is 0 Å². The van der Waals surface area contributed by atoms with Gasteiger partial charge in [0.1, 0.15) is 5.84 Å². The summed E-state index contributed by atoms with van der Waals surface area (Å²) in [6.07, 6.45) is 1.50. The Morgan fingerprint density at radius 2 is 2.00 bits per heavy atom. The van der Waals surface area contributed by atoms with Gasteiger partial charge in [0.05, 0.1) is 5.60 Å². The van der Waals surface area contributed by atoms with E-state index in [1.54, 1.807) is 0 Å². The third-order valence-corrected chi connectivity index (χ3v) is 3.62. The van der Waals surface area contributed by atoms with Crippen LogP contribution < -0.4 is 10.6 Å². The molecule has 0 spiro atoms. The summed E-state index contributed by atoms with van der Waals surface area (Å²) in [5.41, 5.74) is 7.99. The van der Waals surface area contributed by atoms with Crippen LogP contribution in [0.15, 0.2) is 18.2 Å².